The highest BCUT2D eigenvalue weighted by molar-refractivity contribution is 5.83. The molecule has 0 aromatic heterocycles. The molecule has 5 heteroatoms. The summed E-state index contributed by atoms with van der Waals surface area (Å²) in [6.07, 6.45) is 19.4. The summed E-state index contributed by atoms with van der Waals surface area (Å²) in [4.78, 5) is 13.1. The van der Waals surface area contributed by atoms with Crippen molar-refractivity contribution < 1.29 is 36.7 Å². The molecule has 0 aromatic carbocycles. The van der Waals surface area contributed by atoms with Gasteiger partial charge in [0.15, 0.2) is 0 Å². The fourth-order valence-electron chi connectivity index (χ4n) is 2.91. The van der Waals surface area contributed by atoms with Gasteiger partial charge in [-0.3, -0.25) is 0 Å². The van der Waals surface area contributed by atoms with Crippen LogP contribution < -0.4 is 31.9 Å². The molecule has 0 rings (SSSR count). The Labute approximate surface area is 206 Å². The second-order valence-corrected chi connectivity index (χ2v) is 9.03. The summed E-state index contributed by atoms with van der Waals surface area (Å²) in [6, 6.07) is 0. The van der Waals surface area contributed by atoms with E-state index in [9.17, 15) is 9.90 Å². The van der Waals surface area contributed by atoms with Crippen molar-refractivity contribution in [3.05, 3.63) is 11.6 Å². The number of quaternary nitrogens is 2. The number of hydrogen-bond acceptors (Lipinski definition) is 2. The van der Waals surface area contributed by atoms with Crippen molar-refractivity contribution in [2.45, 2.75) is 111 Å². The first kappa shape index (κ1) is 37.9. The summed E-state index contributed by atoms with van der Waals surface area (Å²) in [6.45, 7) is 10.6. The molecule has 0 radical (unpaired) electrons. The number of carbonyl (C=O) groups is 1. The van der Waals surface area contributed by atoms with Gasteiger partial charge in [-0.05, 0) is 44.6 Å². The van der Waals surface area contributed by atoms with Crippen LogP contribution in [0, 0.1) is 0 Å². The van der Waals surface area contributed by atoms with Crippen molar-refractivity contribution >= 4 is 5.97 Å². The van der Waals surface area contributed by atoms with E-state index in [0.717, 1.165) is 6.42 Å². The van der Waals surface area contributed by atoms with Gasteiger partial charge in [-0.25, -0.2) is 0 Å². The van der Waals surface area contributed by atoms with Gasteiger partial charge in [0.25, 0.3) is 0 Å². The molecule has 0 spiro atoms. The standard InChI is InChI=1S/2C10H23N.C6H10O2.BrH/c2*1-4-5-6-7-8-9-10-11(2)3;1-3-4-5(2)6(7)8;/h2*4-10H2,1-3H3;4H,3H2,1-2H3,(H,7,8);1H. The summed E-state index contributed by atoms with van der Waals surface area (Å²) >= 11 is 0. The van der Waals surface area contributed by atoms with E-state index in [4.69, 9.17) is 0 Å². The molecular formula is C26H57BrN2O2. The third kappa shape index (κ3) is 44.2. The number of aliphatic carboxylic acids is 1. The molecule has 0 saturated carbocycles. The Morgan fingerprint density at radius 2 is 1.00 bits per heavy atom. The van der Waals surface area contributed by atoms with Crippen LogP contribution >= 0.6 is 0 Å². The maximum atomic E-state index is 9.91. The Kier molecular flexibility index (Phi) is 38.9. The highest BCUT2D eigenvalue weighted by atomic mass is 79.9. The number of halogens is 1. The first-order valence-electron chi connectivity index (χ1n) is 12.7. The van der Waals surface area contributed by atoms with E-state index < -0.39 is 5.97 Å². The normalized spacial score (nSPS) is 10.7. The van der Waals surface area contributed by atoms with E-state index in [2.05, 4.69) is 42.0 Å². The van der Waals surface area contributed by atoms with Crippen molar-refractivity contribution in [2.24, 2.45) is 0 Å². The minimum Gasteiger partial charge on any atom is -1.00 e. The third-order valence-electron chi connectivity index (χ3n) is 4.89. The molecule has 0 aliphatic rings. The highest BCUT2D eigenvalue weighted by Crippen LogP contribution is 2.04. The van der Waals surface area contributed by atoms with E-state index in [0.29, 0.717) is 5.57 Å². The van der Waals surface area contributed by atoms with Crippen LogP contribution in [0.3, 0.4) is 0 Å². The summed E-state index contributed by atoms with van der Waals surface area (Å²) in [5.41, 5.74) is 0.313. The van der Waals surface area contributed by atoms with E-state index >= 15 is 0 Å². The Morgan fingerprint density at radius 3 is 1.23 bits per heavy atom. The smallest absolute Gasteiger partial charge is 0.0766 e. The number of unbranched alkanes of at least 4 members (excludes halogenated alkanes) is 10. The average Bonchev–Trinajstić information content (AvgIpc) is 2.68. The van der Waals surface area contributed by atoms with Crippen LogP contribution in [0.1, 0.15) is 111 Å². The van der Waals surface area contributed by atoms with Crippen LogP contribution in [0.2, 0.25) is 0 Å². The van der Waals surface area contributed by atoms with Gasteiger partial charge in [-0.2, -0.15) is 0 Å². The lowest BCUT2D eigenvalue weighted by molar-refractivity contribution is -0.858. The topological polar surface area (TPSA) is 49.0 Å². The number of carboxylic acids is 1. The van der Waals surface area contributed by atoms with E-state index in [1.165, 1.54) is 97.1 Å². The lowest BCUT2D eigenvalue weighted by Gasteiger charge is -2.05. The molecule has 0 atom stereocenters. The van der Waals surface area contributed by atoms with Crippen LogP contribution in [0.4, 0.5) is 0 Å². The Hall–Kier alpha value is -0.390. The molecule has 0 aromatic rings. The minimum atomic E-state index is -1.08. The number of allylic oxidation sites excluding steroid dienone is 1. The van der Waals surface area contributed by atoms with Gasteiger partial charge in [0.1, 0.15) is 0 Å². The van der Waals surface area contributed by atoms with Crippen molar-refractivity contribution in [1.29, 1.82) is 0 Å². The number of carbonyl (C=O) groups excluding carboxylic acids is 1. The average molecular weight is 510 g/mol. The molecule has 0 aliphatic carbocycles. The second-order valence-electron chi connectivity index (χ2n) is 9.03. The summed E-state index contributed by atoms with van der Waals surface area (Å²) in [5, 5.41) is 9.91. The van der Waals surface area contributed by atoms with Crippen molar-refractivity contribution in [1.82, 2.24) is 0 Å². The summed E-state index contributed by atoms with van der Waals surface area (Å²) < 4.78 is 0. The maximum Gasteiger partial charge on any atom is 0.0766 e. The predicted molar refractivity (Wildman–Crippen MR) is 131 cm³/mol. The van der Waals surface area contributed by atoms with Gasteiger partial charge in [0.2, 0.25) is 0 Å². The van der Waals surface area contributed by atoms with Crippen LogP contribution in [0.5, 0.6) is 0 Å². The van der Waals surface area contributed by atoms with Crippen molar-refractivity contribution in [2.75, 3.05) is 41.3 Å². The van der Waals surface area contributed by atoms with Gasteiger partial charge in [-0.1, -0.05) is 78.2 Å². The molecule has 190 valence electrons. The SMILES string of the molecule is CCC=C(C)C(=O)[O-].CCCCCCCC[NH+](C)C.CCCCCCCC[NH+](C)C.[Br-]. The zero-order chi connectivity index (χ0) is 23.6. The molecule has 4 nitrogen and oxygen atoms in total. The fourth-order valence-corrected chi connectivity index (χ4v) is 2.91. The minimum absolute atomic E-state index is 0. The number of nitrogens with one attached hydrogen (secondary N) is 2. The summed E-state index contributed by atoms with van der Waals surface area (Å²) in [7, 11) is 8.91. The van der Waals surface area contributed by atoms with Crippen LogP contribution in [0.25, 0.3) is 0 Å². The molecule has 2 N–H and O–H groups in total. The number of carboxylic acid groups (broad SMARTS) is 1. The maximum absolute atomic E-state index is 9.91. The zero-order valence-corrected chi connectivity index (χ0v) is 24.0. The largest absolute Gasteiger partial charge is 1.00 e. The first-order valence-corrected chi connectivity index (χ1v) is 12.7. The summed E-state index contributed by atoms with van der Waals surface area (Å²) in [5.74, 6) is -1.08. The third-order valence-corrected chi connectivity index (χ3v) is 4.89. The first-order chi connectivity index (χ1) is 14.2. The second kappa shape index (κ2) is 31.8. The predicted octanol–water partition coefficient (Wildman–Crippen LogP) is 0.0794. The van der Waals surface area contributed by atoms with Crippen molar-refractivity contribution in [3.8, 4) is 0 Å². The van der Waals surface area contributed by atoms with Crippen molar-refractivity contribution in [3.63, 3.8) is 0 Å². The Morgan fingerprint density at radius 1 is 0.677 bits per heavy atom. The molecule has 31 heavy (non-hydrogen) atoms. The molecule has 0 heterocycles. The molecule has 0 amide bonds. The number of rotatable bonds is 16. The van der Waals surface area contributed by atoms with Gasteiger partial charge in [0.05, 0.1) is 47.2 Å². The van der Waals surface area contributed by atoms with Crippen LogP contribution in [-0.2, 0) is 4.79 Å². The molecular weight excluding hydrogens is 452 g/mol. The quantitative estimate of drug-likeness (QED) is 0.229. The van der Waals surface area contributed by atoms with E-state index in [-0.39, 0.29) is 17.0 Å². The fraction of sp³-hybridized carbons (Fsp3) is 0.885. The number of hydrogen-bond donors (Lipinski definition) is 2. The Bertz CT molecular complexity index is 352. The van der Waals surface area contributed by atoms with E-state index in [1.807, 2.05) is 6.92 Å². The van der Waals surface area contributed by atoms with Crippen LogP contribution in [-0.4, -0.2) is 47.2 Å². The van der Waals surface area contributed by atoms with Crippen LogP contribution in [0.15, 0.2) is 11.6 Å². The van der Waals surface area contributed by atoms with Gasteiger partial charge in [-0.15, -0.1) is 0 Å². The van der Waals surface area contributed by atoms with Gasteiger partial charge < -0.3 is 36.7 Å². The lowest BCUT2D eigenvalue weighted by atomic mass is 10.1. The van der Waals surface area contributed by atoms with Gasteiger partial charge in [0, 0.05) is 0 Å². The van der Waals surface area contributed by atoms with E-state index in [1.54, 1.807) is 15.9 Å². The molecule has 0 fully saturated rings. The highest BCUT2D eigenvalue weighted by Gasteiger charge is 1.94. The molecule has 0 aliphatic heterocycles. The molecule has 0 unspecified atom stereocenters. The molecule has 0 saturated heterocycles. The molecule has 0 bridgehead atoms. The monoisotopic (exact) mass is 508 g/mol. The zero-order valence-electron chi connectivity index (χ0n) is 22.4. The van der Waals surface area contributed by atoms with Gasteiger partial charge >= 0.3 is 0 Å². The lowest BCUT2D eigenvalue weighted by Crippen LogP contribution is -3.05. The Balaban J connectivity index is -0.000000176.